The van der Waals surface area contributed by atoms with Crippen LogP contribution in [0.2, 0.25) is 0 Å². The van der Waals surface area contributed by atoms with Crippen molar-refractivity contribution >= 4 is 22.5 Å². The molecule has 0 spiro atoms. The Hall–Kier alpha value is -3.62. The molecule has 2 aliphatic rings. The number of aromatic nitrogens is 2. The maximum atomic E-state index is 14.4. The van der Waals surface area contributed by atoms with Crippen molar-refractivity contribution < 1.29 is 9.13 Å². The van der Waals surface area contributed by atoms with E-state index in [1.807, 2.05) is 18.2 Å². The van der Waals surface area contributed by atoms with Gasteiger partial charge in [-0.2, -0.15) is 0 Å². The number of nitrogens with two attached hydrogens (primary N) is 1. The highest BCUT2D eigenvalue weighted by molar-refractivity contribution is 5.82. The van der Waals surface area contributed by atoms with Crippen molar-refractivity contribution in [3.8, 4) is 5.75 Å². The molecule has 8 nitrogen and oxygen atoms in total. The first-order valence-corrected chi connectivity index (χ1v) is 14.8. The molecule has 0 bridgehead atoms. The Balaban J connectivity index is 1.29. The van der Waals surface area contributed by atoms with Crippen LogP contribution >= 0.6 is 0 Å². The lowest BCUT2D eigenvalue weighted by atomic mass is 9.78. The summed E-state index contributed by atoms with van der Waals surface area (Å²) in [5.41, 5.74) is 8.66. The first kappa shape index (κ1) is 28.9. The fourth-order valence-electron chi connectivity index (χ4n) is 6.57. The van der Waals surface area contributed by atoms with Gasteiger partial charge in [0.15, 0.2) is 5.96 Å². The number of anilines is 1. The van der Waals surface area contributed by atoms with Gasteiger partial charge in [-0.25, -0.2) is 14.4 Å². The molecule has 2 aromatic carbocycles. The van der Waals surface area contributed by atoms with Gasteiger partial charge in [0.1, 0.15) is 11.6 Å². The molecule has 3 aromatic rings. The van der Waals surface area contributed by atoms with E-state index in [0.29, 0.717) is 59.0 Å². The quantitative estimate of drug-likeness (QED) is 0.342. The second-order valence-electron chi connectivity index (χ2n) is 12.0. The minimum Gasteiger partial charge on any atom is -0.497 e. The van der Waals surface area contributed by atoms with E-state index in [0.717, 1.165) is 25.2 Å². The number of benzene rings is 2. The van der Waals surface area contributed by atoms with Crippen LogP contribution in [0.4, 0.5) is 10.1 Å². The number of methoxy groups -OCH3 is 1. The molecule has 0 amide bonds. The van der Waals surface area contributed by atoms with Gasteiger partial charge in [-0.15, -0.1) is 0 Å². The first-order valence-electron chi connectivity index (χ1n) is 14.8. The number of hydrogen-bond acceptors (Lipinski definition) is 5. The van der Waals surface area contributed by atoms with Crippen molar-refractivity contribution in [1.82, 2.24) is 14.5 Å². The summed E-state index contributed by atoms with van der Waals surface area (Å²) in [6.07, 6.45) is 5.55. The van der Waals surface area contributed by atoms with Gasteiger partial charge < -0.3 is 20.3 Å². The monoisotopic (exact) mass is 562 g/mol. The summed E-state index contributed by atoms with van der Waals surface area (Å²) in [6.45, 7) is 10.9. The van der Waals surface area contributed by atoms with Crippen LogP contribution in [0.15, 0.2) is 52.5 Å². The summed E-state index contributed by atoms with van der Waals surface area (Å²) < 4.78 is 21.0. The number of aryl methyl sites for hydroxylation is 2. The standard InChI is InChI=1S/C32H43FN6O2/c1-20-7-6-8-29(23(20)4)36-32(34)38-17-21(2)39(22(3)18-38)25-10-12-27-30(15-25)35-19-37(31(27)40)14-13-24-9-11-26(41-5)16-28(24)33/h9-12,15-16,19-23,29H,6-8,13-14,17-18H2,1-5H3,(H2,34,36). The summed E-state index contributed by atoms with van der Waals surface area (Å²) in [6, 6.07) is 11.3. The fourth-order valence-corrected chi connectivity index (χ4v) is 6.57. The van der Waals surface area contributed by atoms with E-state index in [9.17, 15) is 9.18 Å². The van der Waals surface area contributed by atoms with E-state index >= 15 is 0 Å². The Bertz CT molecular complexity index is 1460. The Morgan fingerprint density at radius 1 is 1.10 bits per heavy atom. The molecule has 0 radical (unpaired) electrons. The minimum atomic E-state index is -0.342. The second-order valence-corrected chi connectivity index (χ2v) is 12.0. The van der Waals surface area contributed by atoms with Crippen LogP contribution in [0.5, 0.6) is 5.75 Å². The van der Waals surface area contributed by atoms with Gasteiger partial charge in [-0.3, -0.25) is 9.36 Å². The van der Waals surface area contributed by atoms with E-state index in [2.05, 4.69) is 42.5 Å². The average Bonchev–Trinajstić information content (AvgIpc) is 2.95. The Kier molecular flexibility index (Phi) is 8.52. The summed E-state index contributed by atoms with van der Waals surface area (Å²) in [5.74, 6) is 2.02. The molecular formula is C32H43FN6O2. The molecule has 9 heteroatoms. The highest BCUT2D eigenvalue weighted by Gasteiger charge is 2.32. The summed E-state index contributed by atoms with van der Waals surface area (Å²) in [7, 11) is 1.51. The third-order valence-corrected chi connectivity index (χ3v) is 9.19. The van der Waals surface area contributed by atoms with Gasteiger partial charge in [-0.05, 0) is 68.4 Å². The second kappa shape index (κ2) is 12.1. The number of rotatable bonds is 6. The van der Waals surface area contributed by atoms with E-state index < -0.39 is 0 Å². The number of aliphatic imine (C=N–C) groups is 1. The zero-order valence-corrected chi connectivity index (χ0v) is 24.9. The Morgan fingerprint density at radius 3 is 2.56 bits per heavy atom. The lowest BCUT2D eigenvalue weighted by Crippen LogP contribution is -2.60. The Labute approximate surface area is 242 Å². The fraction of sp³-hybridized carbons (Fsp3) is 0.531. The first-order chi connectivity index (χ1) is 19.7. The molecule has 5 rings (SSSR count). The minimum absolute atomic E-state index is 0.128. The maximum Gasteiger partial charge on any atom is 0.261 e. The average molecular weight is 563 g/mol. The third kappa shape index (κ3) is 6.04. The molecule has 41 heavy (non-hydrogen) atoms. The van der Waals surface area contributed by atoms with Gasteiger partial charge in [0.2, 0.25) is 0 Å². The van der Waals surface area contributed by atoms with Crippen molar-refractivity contribution in [2.45, 2.75) is 78.0 Å². The van der Waals surface area contributed by atoms with Crippen molar-refractivity contribution in [2.75, 3.05) is 25.1 Å². The number of hydrogen-bond donors (Lipinski definition) is 1. The molecule has 2 fully saturated rings. The number of halogens is 1. The van der Waals surface area contributed by atoms with Gasteiger partial charge in [0.05, 0.1) is 30.4 Å². The smallest absolute Gasteiger partial charge is 0.261 e. The van der Waals surface area contributed by atoms with Crippen molar-refractivity contribution in [3.63, 3.8) is 0 Å². The highest BCUT2D eigenvalue weighted by Crippen LogP contribution is 2.32. The molecule has 2 N–H and O–H groups in total. The van der Waals surface area contributed by atoms with Gasteiger partial charge >= 0.3 is 0 Å². The highest BCUT2D eigenvalue weighted by atomic mass is 19.1. The van der Waals surface area contributed by atoms with E-state index in [1.54, 1.807) is 23.0 Å². The third-order valence-electron chi connectivity index (χ3n) is 9.19. The number of piperazine rings is 1. The van der Waals surface area contributed by atoms with Crippen LogP contribution in [0.25, 0.3) is 10.9 Å². The van der Waals surface area contributed by atoms with Gasteiger partial charge in [0.25, 0.3) is 5.56 Å². The predicted octanol–water partition coefficient (Wildman–Crippen LogP) is 4.83. The van der Waals surface area contributed by atoms with Crippen LogP contribution in [0, 0.1) is 17.7 Å². The molecule has 1 saturated heterocycles. The largest absolute Gasteiger partial charge is 0.497 e. The predicted molar refractivity (Wildman–Crippen MR) is 163 cm³/mol. The molecule has 220 valence electrons. The molecule has 5 unspecified atom stereocenters. The summed E-state index contributed by atoms with van der Waals surface area (Å²) in [5, 5.41) is 0.553. The summed E-state index contributed by atoms with van der Waals surface area (Å²) in [4.78, 5) is 27.4. The molecule has 1 aliphatic heterocycles. The van der Waals surface area contributed by atoms with E-state index in [-0.39, 0.29) is 23.5 Å². The van der Waals surface area contributed by atoms with Gasteiger partial charge in [-0.1, -0.05) is 32.8 Å². The van der Waals surface area contributed by atoms with E-state index in [1.165, 1.54) is 26.0 Å². The molecule has 1 saturated carbocycles. The topological polar surface area (TPSA) is 89.0 Å². The van der Waals surface area contributed by atoms with Crippen molar-refractivity contribution in [3.05, 3.63) is 64.5 Å². The number of ether oxygens (including phenoxy) is 1. The number of guanidine groups is 1. The van der Waals surface area contributed by atoms with Gasteiger partial charge in [0, 0.05) is 43.5 Å². The van der Waals surface area contributed by atoms with Crippen LogP contribution in [-0.4, -0.2) is 58.7 Å². The maximum absolute atomic E-state index is 14.4. The van der Waals surface area contributed by atoms with Crippen LogP contribution in [0.1, 0.15) is 52.5 Å². The normalized spacial score (nSPS) is 25.5. The molecule has 1 aliphatic carbocycles. The number of fused-ring (bicyclic) bond motifs is 1. The molecule has 1 aromatic heterocycles. The zero-order chi connectivity index (χ0) is 29.3. The molecule has 2 heterocycles. The number of nitrogens with zero attached hydrogens (tertiary/aromatic N) is 5. The Morgan fingerprint density at radius 2 is 1.85 bits per heavy atom. The summed E-state index contributed by atoms with van der Waals surface area (Å²) >= 11 is 0. The molecule has 5 atom stereocenters. The SMILES string of the molecule is COc1ccc(CCn2cnc3cc(N4C(C)CN(C(N)=NC5CCCC(C)C5C)CC4C)ccc3c2=O)c(F)c1. The van der Waals surface area contributed by atoms with Crippen LogP contribution in [-0.2, 0) is 13.0 Å². The van der Waals surface area contributed by atoms with E-state index in [4.69, 9.17) is 15.5 Å². The van der Waals surface area contributed by atoms with Crippen LogP contribution < -0.4 is 20.9 Å². The zero-order valence-electron chi connectivity index (χ0n) is 24.9. The lowest BCUT2D eigenvalue weighted by Gasteiger charge is -2.46. The molecular weight excluding hydrogens is 519 g/mol. The van der Waals surface area contributed by atoms with Crippen molar-refractivity contribution in [2.24, 2.45) is 22.6 Å². The van der Waals surface area contributed by atoms with Crippen molar-refractivity contribution in [1.29, 1.82) is 0 Å². The lowest BCUT2D eigenvalue weighted by molar-refractivity contribution is 0.236. The van der Waals surface area contributed by atoms with Crippen LogP contribution in [0.3, 0.4) is 0 Å².